The summed E-state index contributed by atoms with van der Waals surface area (Å²) >= 11 is 15.9. The first-order valence-electron chi connectivity index (χ1n) is 6.24. The van der Waals surface area contributed by atoms with E-state index in [0.717, 1.165) is 32.9 Å². The van der Waals surface area contributed by atoms with Gasteiger partial charge >= 0.3 is 0 Å². The van der Waals surface area contributed by atoms with Crippen LogP contribution in [-0.4, -0.2) is 16.8 Å². The zero-order valence-corrected chi connectivity index (χ0v) is 14.6. The zero-order valence-electron chi connectivity index (χ0n) is 11.5. The third-order valence-corrected chi connectivity index (χ3v) is 4.76. The first-order valence-corrected chi connectivity index (χ1v) is 7.79. The molecule has 1 unspecified atom stereocenters. The number of benzene rings is 1. The quantitative estimate of drug-likeness (QED) is 0.861. The van der Waals surface area contributed by atoms with Crippen molar-refractivity contribution in [2.45, 2.75) is 19.4 Å². The van der Waals surface area contributed by atoms with Crippen molar-refractivity contribution in [3.63, 3.8) is 0 Å². The van der Waals surface area contributed by atoms with E-state index >= 15 is 0 Å². The fourth-order valence-electron chi connectivity index (χ4n) is 2.25. The van der Waals surface area contributed by atoms with Gasteiger partial charge in [0.15, 0.2) is 0 Å². The molecule has 0 saturated heterocycles. The maximum atomic E-state index is 6.32. The number of aryl methyl sites for hydroxylation is 2. The molecule has 20 heavy (non-hydrogen) atoms. The number of hydrogen-bond acceptors (Lipinski definition) is 2. The van der Waals surface area contributed by atoms with E-state index in [4.69, 9.17) is 23.2 Å². The molecule has 0 radical (unpaired) electrons. The van der Waals surface area contributed by atoms with E-state index in [9.17, 15) is 0 Å². The molecule has 0 fully saturated rings. The van der Waals surface area contributed by atoms with Crippen LogP contribution in [0.5, 0.6) is 0 Å². The number of nitrogens with one attached hydrogen (secondary N) is 1. The smallest absolute Gasteiger partial charge is 0.0847 e. The average Bonchev–Trinajstić information content (AvgIpc) is 2.62. The van der Waals surface area contributed by atoms with Gasteiger partial charge in [-0.25, -0.2) is 0 Å². The van der Waals surface area contributed by atoms with Crippen LogP contribution in [0.25, 0.3) is 0 Å². The minimum atomic E-state index is 0.133. The average molecular weight is 377 g/mol. The van der Waals surface area contributed by atoms with E-state index in [1.807, 2.05) is 43.9 Å². The molecule has 6 heteroatoms. The topological polar surface area (TPSA) is 29.9 Å². The lowest BCUT2D eigenvalue weighted by Crippen LogP contribution is -2.20. The van der Waals surface area contributed by atoms with Crippen molar-refractivity contribution in [1.82, 2.24) is 15.1 Å². The molecule has 1 aromatic heterocycles. The molecular weight excluding hydrogens is 361 g/mol. The summed E-state index contributed by atoms with van der Waals surface area (Å²) in [7, 11) is 3.85. The van der Waals surface area contributed by atoms with Gasteiger partial charge in [-0.05, 0) is 31.7 Å². The molecule has 0 saturated carbocycles. The molecule has 0 aliphatic heterocycles. The molecule has 1 heterocycles. The molecule has 0 aliphatic carbocycles. The molecule has 0 amide bonds. The normalized spacial score (nSPS) is 12.7. The summed E-state index contributed by atoms with van der Waals surface area (Å²) in [5.41, 5.74) is 3.02. The van der Waals surface area contributed by atoms with Gasteiger partial charge in [0.1, 0.15) is 0 Å². The molecule has 1 aromatic carbocycles. The third-order valence-electron chi connectivity index (χ3n) is 3.35. The number of nitrogens with zero attached hydrogens (tertiary/aromatic N) is 2. The first-order chi connectivity index (χ1) is 9.43. The summed E-state index contributed by atoms with van der Waals surface area (Å²) in [4.78, 5) is 0. The molecule has 2 rings (SSSR count). The van der Waals surface area contributed by atoms with Crippen LogP contribution in [0.2, 0.25) is 10.0 Å². The number of rotatable bonds is 4. The summed E-state index contributed by atoms with van der Waals surface area (Å²) in [5, 5.41) is 9.12. The van der Waals surface area contributed by atoms with Crippen molar-refractivity contribution in [3.8, 4) is 0 Å². The standard InChI is InChI=1S/C14H16BrCl2N3/c1-8-14(17)13(20(3)19-8)7-12(18-2)10-5-4-9(16)6-11(10)15/h4-6,12,18H,7H2,1-3H3. The van der Waals surface area contributed by atoms with Gasteiger partial charge in [0.25, 0.3) is 0 Å². The summed E-state index contributed by atoms with van der Waals surface area (Å²) in [6.07, 6.45) is 0.757. The monoisotopic (exact) mass is 375 g/mol. The van der Waals surface area contributed by atoms with Crippen molar-refractivity contribution in [2.75, 3.05) is 7.05 Å². The molecule has 1 atom stereocenters. The van der Waals surface area contributed by atoms with Gasteiger partial charge in [-0.1, -0.05) is 45.2 Å². The largest absolute Gasteiger partial charge is 0.313 e. The Morgan fingerprint density at radius 2 is 2.10 bits per heavy atom. The molecule has 0 spiro atoms. The molecular formula is C14H16BrCl2N3. The summed E-state index contributed by atoms with van der Waals surface area (Å²) in [6.45, 7) is 1.92. The molecule has 0 aliphatic rings. The maximum absolute atomic E-state index is 6.32. The van der Waals surface area contributed by atoms with Crippen LogP contribution < -0.4 is 5.32 Å². The van der Waals surface area contributed by atoms with Gasteiger partial charge < -0.3 is 5.32 Å². The second kappa shape index (κ2) is 6.48. The minimum absolute atomic E-state index is 0.133. The Kier molecular flexibility index (Phi) is 5.13. The van der Waals surface area contributed by atoms with Crippen LogP contribution in [0.15, 0.2) is 22.7 Å². The Morgan fingerprint density at radius 1 is 1.40 bits per heavy atom. The lowest BCUT2D eigenvalue weighted by molar-refractivity contribution is 0.559. The fraction of sp³-hybridized carbons (Fsp3) is 0.357. The lowest BCUT2D eigenvalue weighted by atomic mass is 10.0. The Morgan fingerprint density at radius 3 is 2.60 bits per heavy atom. The summed E-state index contributed by atoms with van der Waals surface area (Å²) in [6, 6.07) is 5.94. The highest BCUT2D eigenvalue weighted by atomic mass is 79.9. The summed E-state index contributed by atoms with van der Waals surface area (Å²) < 4.78 is 2.82. The predicted octanol–water partition coefficient (Wildman–Crippen LogP) is 4.30. The van der Waals surface area contributed by atoms with Crippen LogP contribution >= 0.6 is 39.1 Å². The van der Waals surface area contributed by atoms with Crippen LogP contribution in [0.4, 0.5) is 0 Å². The van der Waals surface area contributed by atoms with E-state index in [-0.39, 0.29) is 6.04 Å². The van der Waals surface area contributed by atoms with E-state index < -0.39 is 0 Å². The van der Waals surface area contributed by atoms with E-state index in [2.05, 4.69) is 26.3 Å². The van der Waals surface area contributed by atoms with E-state index in [0.29, 0.717) is 5.02 Å². The Balaban J connectivity index is 2.33. The van der Waals surface area contributed by atoms with Gasteiger partial charge in [-0.15, -0.1) is 0 Å². The van der Waals surface area contributed by atoms with Crippen molar-refractivity contribution in [3.05, 3.63) is 49.7 Å². The molecule has 108 valence electrons. The second-order valence-electron chi connectivity index (χ2n) is 4.68. The van der Waals surface area contributed by atoms with Gasteiger partial charge in [0.05, 0.1) is 16.4 Å². The van der Waals surface area contributed by atoms with Crippen molar-refractivity contribution >= 4 is 39.1 Å². The Labute approximate surface area is 137 Å². The molecule has 1 N–H and O–H groups in total. The Hall–Kier alpha value is -0.550. The predicted molar refractivity (Wildman–Crippen MR) is 87.6 cm³/mol. The highest BCUT2D eigenvalue weighted by Gasteiger charge is 2.19. The van der Waals surface area contributed by atoms with E-state index in [1.165, 1.54) is 0 Å². The van der Waals surface area contributed by atoms with Crippen LogP contribution in [-0.2, 0) is 13.5 Å². The minimum Gasteiger partial charge on any atom is -0.313 e. The molecule has 3 nitrogen and oxygen atoms in total. The van der Waals surface area contributed by atoms with Gasteiger partial charge in [-0.3, -0.25) is 4.68 Å². The fourth-order valence-corrected chi connectivity index (χ4v) is 3.44. The SMILES string of the molecule is CNC(Cc1c(Cl)c(C)nn1C)c1ccc(Cl)cc1Br. The number of likely N-dealkylation sites (N-methyl/N-ethyl adjacent to an activating group) is 1. The van der Waals surface area contributed by atoms with Gasteiger partial charge in [0.2, 0.25) is 0 Å². The maximum Gasteiger partial charge on any atom is 0.0847 e. The molecule has 0 bridgehead atoms. The van der Waals surface area contributed by atoms with Crippen LogP contribution in [0.3, 0.4) is 0 Å². The van der Waals surface area contributed by atoms with Gasteiger partial charge in [-0.2, -0.15) is 5.10 Å². The Bertz CT molecular complexity index is 625. The van der Waals surface area contributed by atoms with Crippen molar-refractivity contribution < 1.29 is 0 Å². The van der Waals surface area contributed by atoms with E-state index in [1.54, 1.807) is 0 Å². The second-order valence-corrected chi connectivity index (χ2v) is 6.35. The number of hydrogen-bond donors (Lipinski definition) is 1. The van der Waals surface area contributed by atoms with Gasteiger partial charge in [0, 0.05) is 29.0 Å². The zero-order chi connectivity index (χ0) is 14.9. The number of aromatic nitrogens is 2. The van der Waals surface area contributed by atoms with Crippen molar-refractivity contribution in [2.24, 2.45) is 7.05 Å². The lowest BCUT2D eigenvalue weighted by Gasteiger charge is -2.18. The number of halogens is 3. The third kappa shape index (κ3) is 3.19. The highest BCUT2D eigenvalue weighted by Crippen LogP contribution is 2.30. The first kappa shape index (κ1) is 15.8. The van der Waals surface area contributed by atoms with Crippen LogP contribution in [0, 0.1) is 6.92 Å². The highest BCUT2D eigenvalue weighted by molar-refractivity contribution is 9.10. The van der Waals surface area contributed by atoms with Crippen LogP contribution in [0.1, 0.15) is 23.0 Å². The van der Waals surface area contributed by atoms with Crippen molar-refractivity contribution in [1.29, 1.82) is 0 Å². The molecule has 2 aromatic rings. The summed E-state index contributed by atoms with van der Waals surface area (Å²) in [5.74, 6) is 0.